The van der Waals surface area contributed by atoms with Crippen LogP contribution in [0.25, 0.3) is 5.69 Å². The van der Waals surface area contributed by atoms with Gasteiger partial charge in [0, 0.05) is 29.1 Å². The van der Waals surface area contributed by atoms with Gasteiger partial charge in [-0.25, -0.2) is 4.68 Å². The first kappa shape index (κ1) is 17.4. The summed E-state index contributed by atoms with van der Waals surface area (Å²) in [4.78, 5) is 26.9. The molecule has 0 saturated heterocycles. The number of nitrogens with one attached hydrogen (secondary N) is 1. The van der Waals surface area contributed by atoms with Crippen LogP contribution in [0.3, 0.4) is 0 Å². The first-order valence-corrected chi connectivity index (χ1v) is 7.83. The fraction of sp³-hybridized carbons (Fsp3) is 0.0588. The topological polar surface area (TPSA) is 114 Å². The molecule has 2 N–H and O–H groups in total. The lowest BCUT2D eigenvalue weighted by Gasteiger charge is -2.00. The lowest BCUT2D eigenvalue weighted by Crippen LogP contribution is -2.17. The van der Waals surface area contributed by atoms with E-state index in [1.54, 1.807) is 31.2 Å². The highest BCUT2D eigenvalue weighted by molar-refractivity contribution is 6.30. The minimum atomic E-state index is -0.590. The summed E-state index contributed by atoms with van der Waals surface area (Å²) < 4.78 is 1.33. The van der Waals surface area contributed by atoms with Crippen molar-refractivity contribution in [1.82, 2.24) is 9.78 Å². The normalized spacial score (nSPS) is 11.2. The van der Waals surface area contributed by atoms with Crippen molar-refractivity contribution in [3.05, 3.63) is 79.2 Å². The number of hydrogen-bond acceptors (Lipinski definition) is 5. The highest BCUT2D eigenvalue weighted by Crippen LogP contribution is 2.30. The number of rotatable bonds is 4. The van der Waals surface area contributed by atoms with Crippen molar-refractivity contribution in [2.45, 2.75) is 6.92 Å². The summed E-state index contributed by atoms with van der Waals surface area (Å²) in [5.74, 6) is -0.224. The average Bonchev–Trinajstić information content (AvgIpc) is 2.89. The third kappa shape index (κ3) is 3.35. The summed E-state index contributed by atoms with van der Waals surface area (Å²) in [5.41, 5.74) is 0.861. The summed E-state index contributed by atoms with van der Waals surface area (Å²) in [7, 11) is 0. The molecular formula is C17H13ClN4O4. The monoisotopic (exact) mass is 372 g/mol. The van der Waals surface area contributed by atoms with Crippen LogP contribution >= 0.6 is 11.6 Å². The summed E-state index contributed by atoms with van der Waals surface area (Å²) in [6, 6.07) is 10.2. The Morgan fingerprint density at radius 3 is 2.62 bits per heavy atom. The van der Waals surface area contributed by atoms with E-state index in [-0.39, 0.29) is 28.2 Å². The Kier molecular flexibility index (Phi) is 4.59. The molecule has 3 aromatic rings. The first-order valence-electron chi connectivity index (χ1n) is 7.46. The summed E-state index contributed by atoms with van der Waals surface area (Å²) in [6.07, 6.45) is 1.26. The van der Waals surface area contributed by atoms with Gasteiger partial charge in [0.15, 0.2) is 0 Å². The first-order chi connectivity index (χ1) is 12.4. The zero-order valence-electron chi connectivity index (χ0n) is 13.5. The zero-order chi connectivity index (χ0) is 18.8. The van der Waals surface area contributed by atoms with Crippen molar-refractivity contribution >= 4 is 29.2 Å². The van der Waals surface area contributed by atoms with E-state index in [0.717, 1.165) is 6.07 Å². The molecule has 1 aromatic heterocycles. The van der Waals surface area contributed by atoms with E-state index in [1.165, 1.54) is 23.0 Å². The lowest BCUT2D eigenvalue weighted by molar-refractivity contribution is -0.384. The van der Waals surface area contributed by atoms with Gasteiger partial charge < -0.3 is 5.11 Å². The van der Waals surface area contributed by atoms with Gasteiger partial charge >= 0.3 is 0 Å². The molecule has 0 aliphatic rings. The van der Waals surface area contributed by atoms with Crippen LogP contribution < -0.4 is 5.56 Å². The molecular weight excluding hydrogens is 360 g/mol. The zero-order valence-corrected chi connectivity index (χ0v) is 14.3. The molecule has 26 heavy (non-hydrogen) atoms. The van der Waals surface area contributed by atoms with Crippen LogP contribution in [0.4, 0.5) is 11.4 Å². The predicted molar refractivity (Wildman–Crippen MR) is 98.2 cm³/mol. The van der Waals surface area contributed by atoms with Crippen molar-refractivity contribution in [1.29, 1.82) is 0 Å². The molecule has 0 aliphatic carbocycles. The van der Waals surface area contributed by atoms with Crippen molar-refractivity contribution in [3.8, 4) is 11.4 Å². The van der Waals surface area contributed by atoms with Crippen molar-refractivity contribution in [3.63, 3.8) is 0 Å². The average molecular weight is 373 g/mol. The number of non-ortho nitro benzene ring substituents is 1. The second-order valence-corrected chi connectivity index (χ2v) is 5.89. The number of aromatic hydroxyl groups is 1. The molecule has 0 unspecified atom stereocenters. The molecule has 0 atom stereocenters. The number of H-pyrrole nitrogens is 1. The molecule has 0 amide bonds. The van der Waals surface area contributed by atoms with Crippen molar-refractivity contribution in [2.75, 3.05) is 0 Å². The second kappa shape index (κ2) is 6.85. The molecule has 0 radical (unpaired) electrons. The Bertz CT molecular complexity index is 1070. The van der Waals surface area contributed by atoms with E-state index in [4.69, 9.17) is 11.6 Å². The van der Waals surface area contributed by atoms with E-state index < -0.39 is 4.92 Å². The third-order valence-electron chi connectivity index (χ3n) is 3.70. The molecule has 0 fully saturated rings. The molecule has 132 valence electrons. The molecule has 1 heterocycles. The Hall–Kier alpha value is -3.39. The number of aromatic amines is 1. The van der Waals surface area contributed by atoms with E-state index in [0.29, 0.717) is 16.4 Å². The van der Waals surface area contributed by atoms with Gasteiger partial charge in [-0.05, 0) is 37.3 Å². The highest BCUT2D eigenvalue weighted by Gasteiger charge is 2.12. The van der Waals surface area contributed by atoms with E-state index >= 15 is 0 Å². The van der Waals surface area contributed by atoms with Gasteiger partial charge in [0.25, 0.3) is 11.2 Å². The minimum Gasteiger partial charge on any atom is -0.506 e. The second-order valence-electron chi connectivity index (χ2n) is 5.46. The molecule has 9 heteroatoms. The number of nitro groups is 1. The molecule has 0 spiro atoms. The summed E-state index contributed by atoms with van der Waals surface area (Å²) >= 11 is 5.85. The molecule has 8 nitrogen and oxygen atoms in total. The number of hydrogen-bond donors (Lipinski definition) is 2. The van der Waals surface area contributed by atoms with Crippen LogP contribution in [0.15, 0.2) is 52.3 Å². The maximum atomic E-state index is 12.6. The molecule has 3 rings (SSSR count). The predicted octanol–water partition coefficient (Wildman–Crippen LogP) is 3.49. The van der Waals surface area contributed by atoms with E-state index in [1.807, 2.05) is 0 Å². The molecule has 0 saturated carbocycles. The van der Waals surface area contributed by atoms with Crippen LogP contribution in [-0.4, -0.2) is 26.0 Å². The van der Waals surface area contributed by atoms with Crippen LogP contribution in [0.1, 0.15) is 11.3 Å². The maximum absolute atomic E-state index is 12.6. The van der Waals surface area contributed by atoms with Crippen LogP contribution in [0.5, 0.6) is 5.75 Å². The standard InChI is InChI=1S/C17H13ClN4O4/c1-10-14(9-19-15-8-13(22(25)26)6-7-16(15)23)17(24)21(20-10)12-4-2-11(18)3-5-12/h2-9,20,23H,1H3. The number of benzene rings is 2. The van der Waals surface area contributed by atoms with Gasteiger partial charge in [-0.15, -0.1) is 0 Å². The Morgan fingerprint density at radius 2 is 1.96 bits per heavy atom. The van der Waals surface area contributed by atoms with Gasteiger partial charge in [-0.3, -0.25) is 25.0 Å². The smallest absolute Gasteiger partial charge is 0.280 e. The van der Waals surface area contributed by atoms with Gasteiger partial charge in [0.1, 0.15) is 11.4 Å². The van der Waals surface area contributed by atoms with Gasteiger partial charge in [-0.2, -0.15) is 0 Å². The van der Waals surface area contributed by atoms with Crippen LogP contribution in [0, 0.1) is 17.0 Å². The third-order valence-corrected chi connectivity index (χ3v) is 3.96. The van der Waals surface area contributed by atoms with Gasteiger partial charge in [-0.1, -0.05) is 11.6 Å². The van der Waals surface area contributed by atoms with E-state index in [9.17, 15) is 20.0 Å². The fourth-order valence-electron chi connectivity index (χ4n) is 2.35. The number of aliphatic imine (C=N–C) groups is 1. The molecule has 2 aromatic carbocycles. The van der Waals surface area contributed by atoms with Gasteiger partial charge in [0.05, 0.1) is 16.2 Å². The number of aromatic nitrogens is 2. The van der Waals surface area contributed by atoms with Crippen molar-refractivity contribution < 1.29 is 10.0 Å². The number of phenolic OH excluding ortho intramolecular Hbond substituents is 1. The Labute approximate surface area is 152 Å². The van der Waals surface area contributed by atoms with Crippen LogP contribution in [0.2, 0.25) is 5.02 Å². The highest BCUT2D eigenvalue weighted by atomic mass is 35.5. The molecule has 0 aliphatic heterocycles. The Morgan fingerprint density at radius 1 is 1.27 bits per heavy atom. The number of halogens is 1. The summed E-state index contributed by atoms with van der Waals surface area (Å²) in [6.45, 7) is 1.70. The maximum Gasteiger partial charge on any atom is 0.280 e. The lowest BCUT2D eigenvalue weighted by atomic mass is 10.2. The number of aryl methyl sites for hydroxylation is 1. The van der Waals surface area contributed by atoms with Gasteiger partial charge in [0.2, 0.25) is 0 Å². The number of nitro benzene ring substituents is 1. The van der Waals surface area contributed by atoms with Crippen molar-refractivity contribution in [2.24, 2.45) is 4.99 Å². The SMILES string of the molecule is Cc1[nH]n(-c2ccc(Cl)cc2)c(=O)c1C=Nc1cc([N+](=O)[O-])ccc1O. The Balaban J connectivity index is 2.00. The summed E-state index contributed by atoms with van der Waals surface area (Å²) in [5, 5.41) is 24.1. The number of nitrogens with zero attached hydrogens (tertiary/aromatic N) is 3. The molecule has 0 bridgehead atoms. The minimum absolute atomic E-state index is 0.00255. The number of phenols is 1. The quantitative estimate of drug-likeness (QED) is 0.414. The fourth-order valence-corrected chi connectivity index (χ4v) is 2.47. The largest absolute Gasteiger partial charge is 0.506 e. The van der Waals surface area contributed by atoms with E-state index in [2.05, 4.69) is 10.1 Å². The van der Waals surface area contributed by atoms with Crippen LogP contribution in [-0.2, 0) is 0 Å².